The highest BCUT2D eigenvalue weighted by molar-refractivity contribution is 5.47. The highest BCUT2D eigenvalue weighted by Gasteiger charge is 2.08. The molecule has 0 unspecified atom stereocenters. The lowest BCUT2D eigenvalue weighted by Gasteiger charge is -2.16. The van der Waals surface area contributed by atoms with E-state index >= 15 is 0 Å². The number of anilines is 3. The standard InChI is InChI=1S/C18H21FN8O/c1-12(13-3-5-14(19)6-4-13)24-27-18-22-15(11-28-2)9-16(23-18)25-26-17-10-20-7-8-21-17/h3-10,12,24H,11H2,1-2H3,(H,21,26)(H2,22,23,25,27)/t12-/m0/s1. The van der Waals surface area contributed by atoms with Gasteiger partial charge in [-0.2, -0.15) is 4.98 Å². The zero-order valence-corrected chi connectivity index (χ0v) is 15.5. The number of aromatic nitrogens is 4. The predicted molar refractivity (Wildman–Crippen MR) is 104 cm³/mol. The van der Waals surface area contributed by atoms with E-state index in [0.29, 0.717) is 29.9 Å². The van der Waals surface area contributed by atoms with Gasteiger partial charge in [-0.05, 0) is 24.6 Å². The summed E-state index contributed by atoms with van der Waals surface area (Å²) in [6, 6.07) is 7.93. The van der Waals surface area contributed by atoms with Gasteiger partial charge in [0.15, 0.2) is 5.82 Å². The Morgan fingerprint density at radius 2 is 1.82 bits per heavy atom. The topological polar surface area (TPSA) is 109 Å². The molecule has 0 saturated heterocycles. The van der Waals surface area contributed by atoms with Crippen LogP contribution in [0.4, 0.5) is 22.0 Å². The molecule has 0 aliphatic heterocycles. The fourth-order valence-electron chi connectivity index (χ4n) is 2.34. The number of nitrogens with zero attached hydrogens (tertiary/aromatic N) is 4. The predicted octanol–water partition coefficient (Wildman–Crippen LogP) is 2.67. The Balaban J connectivity index is 1.67. The highest BCUT2D eigenvalue weighted by atomic mass is 19.1. The minimum absolute atomic E-state index is 0.0931. The number of nitrogens with one attached hydrogen (secondary N) is 4. The van der Waals surface area contributed by atoms with Crippen molar-refractivity contribution in [3.63, 3.8) is 0 Å². The Kier molecular flexibility index (Phi) is 6.60. The molecule has 28 heavy (non-hydrogen) atoms. The molecule has 146 valence electrons. The fourth-order valence-corrected chi connectivity index (χ4v) is 2.34. The van der Waals surface area contributed by atoms with Crippen LogP contribution in [-0.4, -0.2) is 27.0 Å². The van der Waals surface area contributed by atoms with Gasteiger partial charge in [0.25, 0.3) is 0 Å². The van der Waals surface area contributed by atoms with E-state index in [1.165, 1.54) is 12.1 Å². The Labute approximate surface area is 161 Å². The minimum Gasteiger partial charge on any atom is -0.378 e. The minimum atomic E-state index is -0.272. The summed E-state index contributed by atoms with van der Waals surface area (Å²) in [5.41, 5.74) is 13.5. The van der Waals surface area contributed by atoms with Crippen molar-refractivity contribution in [3.8, 4) is 0 Å². The molecule has 0 spiro atoms. The Morgan fingerprint density at radius 3 is 2.54 bits per heavy atom. The Bertz CT molecular complexity index is 879. The summed E-state index contributed by atoms with van der Waals surface area (Å²) in [7, 11) is 1.59. The van der Waals surface area contributed by atoms with Crippen molar-refractivity contribution in [3.05, 3.63) is 66.0 Å². The first kappa shape index (κ1) is 19.4. The van der Waals surface area contributed by atoms with E-state index in [1.54, 1.807) is 43.9 Å². The SMILES string of the molecule is COCc1cc(NNc2cnccn2)nc(NN[C@@H](C)c2ccc(F)cc2)n1. The van der Waals surface area contributed by atoms with Crippen molar-refractivity contribution >= 4 is 17.6 Å². The average molecular weight is 384 g/mol. The first-order valence-corrected chi connectivity index (χ1v) is 8.56. The molecule has 0 amide bonds. The number of hydrogen-bond donors (Lipinski definition) is 4. The second-order valence-electron chi connectivity index (χ2n) is 5.88. The Morgan fingerprint density at radius 1 is 1.04 bits per heavy atom. The smallest absolute Gasteiger partial charge is 0.239 e. The van der Waals surface area contributed by atoms with Gasteiger partial charge in [0.1, 0.15) is 11.6 Å². The van der Waals surface area contributed by atoms with Gasteiger partial charge >= 0.3 is 0 Å². The molecule has 3 rings (SSSR count). The number of benzene rings is 1. The van der Waals surface area contributed by atoms with Gasteiger partial charge in [-0.15, -0.1) is 0 Å². The van der Waals surface area contributed by atoms with E-state index in [1.807, 2.05) is 6.92 Å². The second-order valence-corrected chi connectivity index (χ2v) is 5.88. The summed E-state index contributed by atoms with van der Waals surface area (Å²) in [6.45, 7) is 2.26. The van der Waals surface area contributed by atoms with Gasteiger partial charge in [0.2, 0.25) is 5.95 Å². The number of methoxy groups -OCH3 is 1. The molecular formula is C18H21FN8O. The third-order valence-corrected chi connectivity index (χ3v) is 3.72. The number of hydrogen-bond acceptors (Lipinski definition) is 9. The molecule has 0 bridgehead atoms. The molecule has 3 aromatic rings. The number of hydrazine groups is 2. The van der Waals surface area contributed by atoms with Crippen molar-refractivity contribution in [2.75, 3.05) is 23.4 Å². The van der Waals surface area contributed by atoms with Gasteiger partial charge in [0, 0.05) is 31.6 Å². The maximum Gasteiger partial charge on any atom is 0.239 e. The molecule has 1 atom stereocenters. The molecule has 10 heteroatoms. The molecule has 1 aromatic carbocycles. The van der Waals surface area contributed by atoms with Crippen LogP contribution in [0.1, 0.15) is 24.2 Å². The maximum absolute atomic E-state index is 13.1. The lowest BCUT2D eigenvalue weighted by Crippen LogP contribution is -2.27. The summed E-state index contributed by atoms with van der Waals surface area (Å²) in [4.78, 5) is 16.9. The maximum atomic E-state index is 13.1. The zero-order valence-electron chi connectivity index (χ0n) is 15.5. The molecule has 0 saturated carbocycles. The molecule has 2 heterocycles. The van der Waals surface area contributed by atoms with E-state index < -0.39 is 0 Å². The van der Waals surface area contributed by atoms with Gasteiger partial charge in [-0.25, -0.2) is 19.8 Å². The van der Waals surface area contributed by atoms with Crippen LogP contribution in [-0.2, 0) is 11.3 Å². The van der Waals surface area contributed by atoms with E-state index in [9.17, 15) is 4.39 Å². The average Bonchev–Trinajstić information content (AvgIpc) is 2.72. The van der Waals surface area contributed by atoms with E-state index in [2.05, 4.69) is 41.6 Å². The van der Waals surface area contributed by atoms with E-state index in [-0.39, 0.29) is 11.9 Å². The summed E-state index contributed by atoms with van der Waals surface area (Å²) >= 11 is 0. The first-order valence-electron chi connectivity index (χ1n) is 8.56. The molecule has 2 aromatic heterocycles. The third kappa shape index (κ3) is 5.56. The number of rotatable bonds is 9. The second kappa shape index (κ2) is 9.53. The molecular weight excluding hydrogens is 363 g/mol. The highest BCUT2D eigenvalue weighted by Crippen LogP contribution is 2.15. The third-order valence-electron chi connectivity index (χ3n) is 3.72. The summed E-state index contributed by atoms with van der Waals surface area (Å²) < 4.78 is 18.2. The summed E-state index contributed by atoms with van der Waals surface area (Å²) in [5.74, 6) is 1.15. The summed E-state index contributed by atoms with van der Waals surface area (Å²) in [5, 5.41) is 0. The molecule has 0 aliphatic rings. The lowest BCUT2D eigenvalue weighted by atomic mass is 10.1. The van der Waals surface area contributed by atoms with Crippen LogP contribution in [0.2, 0.25) is 0 Å². The van der Waals surface area contributed by atoms with Crippen molar-refractivity contribution in [2.24, 2.45) is 0 Å². The van der Waals surface area contributed by atoms with Crippen LogP contribution >= 0.6 is 0 Å². The Hall–Kier alpha value is -3.37. The van der Waals surface area contributed by atoms with E-state index in [0.717, 1.165) is 5.56 Å². The molecule has 0 aliphatic carbocycles. The molecule has 0 radical (unpaired) electrons. The number of ether oxygens (including phenoxy) is 1. The first-order chi connectivity index (χ1) is 13.6. The van der Waals surface area contributed by atoms with Crippen molar-refractivity contribution in [2.45, 2.75) is 19.6 Å². The van der Waals surface area contributed by atoms with Crippen LogP contribution in [0.3, 0.4) is 0 Å². The normalized spacial score (nSPS) is 11.7. The molecule has 9 nitrogen and oxygen atoms in total. The van der Waals surface area contributed by atoms with Crippen molar-refractivity contribution < 1.29 is 9.13 Å². The van der Waals surface area contributed by atoms with Crippen LogP contribution < -0.4 is 21.7 Å². The quantitative estimate of drug-likeness (QED) is 0.414. The fraction of sp³-hybridized carbons (Fsp3) is 0.222. The van der Waals surface area contributed by atoms with Crippen molar-refractivity contribution in [1.82, 2.24) is 25.4 Å². The van der Waals surface area contributed by atoms with Crippen LogP contribution in [0, 0.1) is 5.82 Å². The monoisotopic (exact) mass is 384 g/mol. The van der Waals surface area contributed by atoms with Crippen LogP contribution in [0.5, 0.6) is 0 Å². The van der Waals surface area contributed by atoms with Crippen LogP contribution in [0.15, 0.2) is 48.9 Å². The van der Waals surface area contributed by atoms with Gasteiger partial charge in [-0.3, -0.25) is 21.3 Å². The van der Waals surface area contributed by atoms with E-state index in [4.69, 9.17) is 4.74 Å². The number of halogens is 1. The largest absolute Gasteiger partial charge is 0.378 e. The van der Waals surface area contributed by atoms with Gasteiger partial charge in [-0.1, -0.05) is 12.1 Å². The summed E-state index contributed by atoms with van der Waals surface area (Å²) in [6.07, 6.45) is 4.74. The van der Waals surface area contributed by atoms with Gasteiger partial charge in [0.05, 0.1) is 18.5 Å². The molecule has 4 N–H and O–H groups in total. The van der Waals surface area contributed by atoms with Crippen molar-refractivity contribution in [1.29, 1.82) is 0 Å². The van der Waals surface area contributed by atoms with Crippen LogP contribution in [0.25, 0.3) is 0 Å². The molecule has 0 fully saturated rings. The zero-order chi connectivity index (χ0) is 19.8. The van der Waals surface area contributed by atoms with Gasteiger partial charge < -0.3 is 4.74 Å². The lowest BCUT2D eigenvalue weighted by molar-refractivity contribution is 0.181.